The summed E-state index contributed by atoms with van der Waals surface area (Å²) in [5.74, 6) is -0.104. The zero-order valence-corrected chi connectivity index (χ0v) is 12.6. The molecule has 5 nitrogen and oxygen atoms in total. The molecule has 1 aromatic heterocycles. The zero-order chi connectivity index (χ0) is 15.9. The topological polar surface area (TPSA) is 66.9 Å². The second-order valence-electron chi connectivity index (χ2n) is 5.03. The summed E-state index contributed by atoms with van der Waals surface area (Å²) in [5.41, 5.74) is 0.630. The first-order valence-electron chi connectivity index (χ1n) is 7.22. The SMILES string of the molecule is CCC(C)Nc1ccc(C(=O)NCc2ccccc2F)nn1. The first-order valence-corrected chi connectivity index (χ1v) is 7.22. The summed E-state index contributed by atoms with van der Waals surface area (Å²) in [6.07, 6.45) is 0.965. The lowest BCUT2D eigenvalue weighted by Crippen LogP contribution is -2.25. The van der Waals surface area contributed by atoms with Crippen LogP contribution in [-0.4, -0.2) is 22.1 Å². The Morgan fingerprint density at radius 1 is 1.23 bits per heavy atom. The highest BCUT2D eigenvalue weighted by molar-refractivity contribution is 5.92. The summed E-state index contributed by atoms with van der Waals surface area (Å²) >= 11 is 0. The lowest BCUT2D eigenvalue weighted by molar-refractivity contribution is 0.0944. The van der Waals surface area contributed by atoms with Crippen LogP contribution in [0.2, 0.25) is 0 Å². The minimum atomic E-state index is -0.383. The maximum absolute atomic E-state index is 13.5. The van der Waals surface area contributed by atoms with E-state index in [1.54, 1.807) is 30.3 Å². The summed E-state index contributed by atoms with van der Waals surface area (Å²) in [6.45, 7) is 4.21. The number of hydrogen-bond acceptors (Lipinski definition) is 4. The largest absolute Gasteiger partial charge is 0.366 e. The smallest absolute Gasteiger partial charge is 0.272 e. The highest BCUT2D eigenvalue weighted by atomic mass is 19.1. The Hall–Kier alpha value is -2.50. The summed E-state index contributed by atoms with van der Waals surface area (Å²) in [5, 5.41) is 13.6. The Balaban J connectivity index is 1.94. The van der Waals surface area contributed by atoms with Crippen molar-refractivity contribution in [1.29, 1.82) is 0 Å². The van der Waals surface area contributed by atoms with Gasteiger partial charge in [0, 0.05) is 18.2 Å². The molecule has 0 radical (unpaired) electrons. The van der Waals surface area contributed by atoms with Gasteiger partial charge in [0.2, 0.25) is 0 Å². The molecule has 1 amide bonds. The van der Waals surface area contributed by atoms with E-state index in [9.17, 15) is 9.18 Å². The molecule has 22 heavy (non-hydrogen) atoms. The Morgan fingerprint density at radius 2 is 2.00 bits per heavy atom. The molecule has 1 aromatic carbocycles. The second-order valence-corrected chi connectivity index (χ2v) is 5.03. The highest BCUT2D eigenvalue weighted by Gasteiger charge is 2.10. The number of carbonyl (C=O) groups excluding carboxylic acids is 1. The van der Waals surface area contributed by atoms with Gasteiger partial charge in [-0.05, 0) is 31.5 Å². The van der Waals surface area contributed by atoms with Gasteiger partial charge < -0.3 is 10.6 Å². The lowest BCUT2D eigenvalue weighted by atomic mass is 10.2. The van der Waals surface area contributed by atoms with Crippen molar-refractivity contribution in [3.63, 3.8) is 0 Å². The van der Waals surface area contributed by atoms with Gasteiger partial charge in [-0.1, -0.05) is 25.1 Å². The number of anilines is 1. The van der Waals surface area contributed by atoms with Gasteiger partial charge in [-0.25, -0.2) is 4.39 Å². The maximum atomic E-state index is 13.5. The number of amides is 1. The maximum Gasteiger partial charge on any atom is 0.272 e. The molecule has 0 saturated heterocycles. The lowest BCUT2D eigenvalue weighted by Gasteiger charge is -2.11. The molecule has 0 aliphatic carbocycles. The van der Waals surface area contributed by atoms with Crippen LogP contribution in [-0.2, 0) is 6.54 Å². The molecule has 0 aliphatic rings. The minimum absolute atomic E-state index is 0.111. The van der Waals surface area contributed by atoms with Crippen LogP contribution in [0, 0.1) is 5.82 Å². The molecule has 0 spiro atoms. The standard InChI is InChI=1S/C16H19FN4O/c1-3-11(2)19-15-9-8-14(20-21-15)16(22)18-10-12-6-4-5-7-13(12)17/h4-9,11H,3,10H2,1-2H3,(H,18,22)(H,19,21). The third-order valence-electron chi connectivity index (χ3n) is 3.30. The molecule has 0 fully saturated rings. The molecular weight excluding hydrogens is 283 g/mol. The van der Waals surface area contributed by atoms with Crippen molar-refractivity contribution in [3.05, 3.63) is 53.5 Å². The fourth-order valence-electron chi connectivity index (χ4n) is 1.79. The number of benzene rings is 1. The van der Waals surface area contributed by atoms with Crippen LogP contribution in [0.1, 0.15) is 36.3 Å². The van der Waals surface area contributed by atoms with Crippen LogP contribution in [0.4, 0.5) is 10.2 Å². The summed E-state index contributed by atoms with van der Waals surface area (Å²) in [6, 6.07) is 9.90. The van der Waals surface area contributed by atoms with Crippen LogP contribution in [0.5, 0.6) is 0 Å². The number of aromatic nitrogens is 2. The molecule has 0 aliphatic heterocycles. The molecule has 6 heteroatoms. The minimum Gasteiger partial charge on any atom is -0.366 e. The molecular formula is C16H19FN4O. The zero-order valence-electron chi connectivity index (χ0n) is 12.6. The molecule has 1 unspecified atom stereocenters. The number of carbonyl (C=O) groups is 1. The van der Waals surface area contributed by atoms with Crippen LogP contribution >= 0.6 is 0 Å². The van der Waals surface area contributed by atoms with E-state index in [1.807, 2.05) is 6.92 Å². The van der Waals surface area contributed by atoms with Crippen molar-refractivity contribution in [2.24, 2.45) is 0 Å². The Morgan fingerprint density at radius 3 is 2.64 bits per heavy atom. The predicted molar refractivity (Wildman–Crippen MR) is 83.0 cm³/mol. The molecule has 116 valence electrons. The van der Waals surface area contributed by atoms with Gasteiger partial charge in [0.25, 0.3) is 5.91 Å². The Labute approximate surface area is 129 Å². The summed E-state index contributed by atoms with van der Waals surface area (Å²) in [4.78, 5) is 12.0. The summed E-state index contributed by atoms with van der Waals surface area (Å²) in [7, 11) is 0. The molecule has 2 N–H and O–H groups in total. The van der Waals surface area contributed by atoms with E-state index in [1.165, 1.54) is 6.07 Å². The first-order chi connectivity index (χ1) is 10.6. The fourth-order valence-corrected chi connectivity index (χ4v) is 1.79. The van der Waals surface area contributed by atoms with Crippen molar-refractivity contribution < 1.29 is 9.18 Å². The van der Waals surface area contributed by atoms with Gasteiger partial charge in [0.15, 0.2) is 5.69 Å². The van der Waals surface area contributed by atoms with Crippen LogP contribution in [0.3, 0.4) is 0 Å². The Kier molecular flexibility index (Phi) is 5.41. The third kappa shape index (κ3) is 4.25. The van der Waals surface area contributed by atoms with Gasteiger partial charge >= 0.3 is 0 Å². The first kappa shape index (κ1) is 15.9. The van der Waals surface area contributed by atoms with Gasteiger partial charge in [-0.2, -0.15) is 0 Å². The average Bonchev–Trinajstić information content (AvgIpc) is 2.54. The van der Waals surface area contributed by atoms with Crippen molar-refractivity contribution in [2.75, 3.05) is 5.32 Å². The van der Waals surface area contributed by atoms with Crippen molar-refractivity contribution in [3.8, 4) is 0 Å². The van der Waals surface area contributed by atoms with Gasteiger partial charge in [-0.15, -0.1) is 10.2 Å². The monoisotopic (exact) mass is 302 g/mol. The van der Waals surface area contributed by atoms with E-state index in [2.05, 4.69) is 27.8 Å². The molecule has 0 saturated carbocycles. The van der Waals surface area contributed by atoms with Gasteiger partial charge in [-0.3, -0.25) is 4.79 Å². The fraction of sp³-hybridized carbons (Fsp3) is 0.312. The molecule has 2 aromatic rings. The van der Waals surface area contributed by atoms with Crippen molar-refractivity contribution in [1.82, 2.24) is 15.5 Å². The van der Waals surface area contributed by atoms with E-state index >= 15 is 0 Å². The molecule has 1 atom stereocenters. The van der Waals surface area contributed by atoms with Crippen molar-refractivity contribution >= 4 is 11.7 Å². The Bertz CT molecular complexity index is 630. The third-order valence-corrected chi connectivity index (χ3v) is 3.30. The van der Waals surface area contributed by atoms with Crippen LogP contribution < -0.4 is 10.6 Å². The number of halogens is 1. The molecule has 2 rings (SSSR count). The quantitative estimate of drug-likeness (QED) is 0.861. The van der Waals surface area contributed by atoms with E-state index in [0.29, 0.717) is 11.4 Å². The summed E-state index contributed by atoms with van der Waals surface area (Å²) < 4.78 is 13.5. The van der Waals surface area contributed by atoms with E-state index in [-0.39, 0.29) is 30.0 Å². The normalized spacial score (nSPS) is 11.8. The van der Waals surface area contributed by atoms with Gasteiger partial charge in [0.1, 0.15) is 11.6 Å². The number of hydrogen-bond donors (Lipinski definition) is 2. The highest BCUT2D eigenvalue weighted by Crippen LogP contribution is 2.07. The van der Waals surface area contributed by atoms with Crippen molar-refractivity contribution in [2.45, 2.75) is 32.9 Å². The average molecular weight is 302 g/mol. The van der Waals surface area contributed by atoms with Gasteiger partial charge in [0.05, 0.1) is 0 Å². The number of rotatable bonds is 6. The van der Waals surface area contributed by atoms with E-state index < -0.39 is 0 Å². The van der Waals surface area contributed by atoms with Crippen LogP contribution in [0.15, 0.2) is 36.4 Å². The predicted octanol–water partition coefficient (Wildman–Crippen LogP) is 2.76. The molecule has 0 bridgehead atoms. The molecule has 1 heterocycles. The van der Waals surface area contributed by atoms with E-state index in [4.69, 9.17) is 0 Å². The second kappa shape index (κ2) is 7.49. The number of nitrogens with one attached hydrogen (secondary N) is 2. The van der Waals surface area contributed by atoms with Crippen LogP contribution in [0.25, 0.3) is 0 Å². The number of nitrogens with zero attached hydrogens (tertiary/aromatic N) is 2. The van der Waals surface area contributed by atoms with E-state index in [0.717, 1.165) is 6.42 Å².